The molecule has 2 unspecified atom stereocenters. The summed E-state index contributed by atoms with van der Waals surface area (Å²) in [7, 11) is 0. The van der Waals surface area contributed by atoms with Gasteiger partial charge in [0.2, 0.25) is 0 Å². The Hall–Kier alpha value is -2.68. The quantitative estimate of drug-likeness (QED) is 0.373. The van der Waals surface area contributed by atoms with Crippen molar-refractivity contribution in [2.45, 2.75) is 51.2 Å². The Kier molecular flexibility index (Phi) is 5.06. The van der Waals surface area contributed by atoms with Gasteiger partial charge in [0.25, 0.3) is 0 Å². The minimum atomic E-state index is -0.722. The minimum Gasteiger partial charge on any atom is -0.384 e. The monoisotopic (exact) mass is 396 g/mol. The van der Waals surface area contributed by atoms with E-state index in [1.807, 2.05) is 24.3 Å². The molecule has 0 aromatic heterocycles. The summed E-state index contributed by atoms with van der Waals surface area (Å²) >= 11 is 0. The minimum absolute atomic E-state index is 0.722. The number of aryl methyl sites for hydroxylation is 1. The average Bonchev–Trinajstić information content (AvgIpc) is 2.78. The third-order valence-electron chi connectivity index (χ3n) is 6.60. The molecule has 2 N–H and O–H groups in total. The normalized spacial score (nSPS) is 17.8. The lowest BCUT2D eigenvalue weighted by Gasteiger charge is -2.30. The maximum Gasteiger partial charge on any atom is 0.105 e. The van der Waals surface area contributed by atoms with Crippen molar-refractivity contribution in [3.8, 4) is 0 Å². The van der Waals surface area contributed by atoms with Crippen LogP contribution in [0.15, 0.2) is 66.7 Å². The highest BCUT2D eigenvalue weighted by atomic mass is 16.3. The van der Waals surface area contributed by atoms with Gasteiger partial charge in [0.05, 0.1) is 0 Å². The van der Waals surface area contributed by atoms with Crippen LogP contribution in [-0.2, 0) is 6.42 Å². The molecule has 0 saturated heterocycles. The first-order valence-corrected chi connectivity index (χ1v) is 11.1. The molecule has 0 amide bonds. The van der Waals surface area contributed by atoms with Crippen LogP contribution in [0.25, 0.3) is 21.5 Å². The summed E-state index contributed by atoms with van der Waals surface area (Å²) < 4.78 is 0. The fourth-order valence-corrected chi connectivity index (χ4v) is 4.94. The number of unbranched alkanes of at least 4 members (excludes halogenated alkanes) is 3. The van der Waals surface area contributed by atoms with E-state index >= 15 is 0 Å². The molecule has 152 valence electrons. The van der Waals surface area contributed by atoms with Crippen LogP contribution < -0.4 is 0 Å². The van der Waals surface area contributed by atoms with E-state index in [9.17, 15) is 10.2 Å². The summed E-state index contributed by atoms with van der Waals surface area (Å²) in [6, 6.07) is 22.8. The van der Waals surface area contributed by atoms with Crippen LogP contribution in [0.3, 0.4) is 0 Å². The smallest absolute Gasteiger partial charge is 0.105 e. The molecule has 5 rings (SSSR count). The van der Waals surface area contributed by atoms with Gasteiger partial charge in [-0.1, -0.05) is 68.7 Å². The van der Waals surface area contributed by atoms with Crippen LogP contribution in [0.5, 0.6) is 0 Å². The summed E-state index contributed by atoms with van der Waals surface area (Å²) in [6.07, 6.45) is 4.55. The van der Waals surface area contributed by atoms with Gasteiger partial charge in [0, 0.05) is 0 Å². The highest BCUT2D eigenvalue weighted by molar-refractivity contribution is 5.89. The summed E-state index contributed by atoms with van der Waals surface area (Å²) in [4.78, 5) is 0. The standard InChI is InChI=1S/C28H28O2/c1-2-3-4-5-9-18-12-8-13-21-16-25-26(17-22(18)21)28(30)24-15-20-11-7-6-10-19(20)14-23(24)27(25)29/h6-8,10-17,27-30H,2-5,9H2,1H3. The van der Waals surface area contributed by atoms with Crippen molar-refractivity contribution in [3.63, 3.8) is 0 Å². The van der Waals surface area contributed by atoms with Crippen LogP contribution in [0.1, 0.15) is 72.6 Å². The molecule has 0 aliphatic heterocycles. The second-order valence-electron chi connectivity index (χ2n) is 8.56. The van der Waals surface area contributed by atoms with Crippen molar-refractivity contribution < 1.29 is 10.2 Å². The van der Waals surface area contributed by atoms with Gasteiger partial charge in [-0.25, -0.2) is 0 Å². The molecule has 0 radical (unpaired) electrons. The molecule has 2 heteroatoms. The first kappa shape index (κ1) is 19.3. The topological polar surface area (TPSA) is 40.5 Å². The van der Waals surface area contributed by atoms with Crippen LogP contribution in [0.2, 0.25) is 0 Å². The molecule has 0 fully saturated rings. The number of hydrogen-bond acceptors (Lipinski definition) is 2. The van der Waals surface area contributed by atoms with Crippen molar-refractivity contribution in [1.82, 2.24) is 0 Å². The molecule has 2 atom stereocenters. The van der Waals surface area contributed by atoms with Crippen molar-refractivity contribution >= 4 is 21.5 Å². The summed E-state index contributed by atoms with van der Waals surface area (Å²) in [6.45, 7) is 2.23. The zero-order chi connectivity index (χ0) is 20.7. The number of rotatable bonds is 5. The fraction of sp³-hybridized carbons (Fsp3) is 0.286. The van der Waals surface area contributed by atoms with Gasteiger partial charge in [0.15, 0.2) is 0 Å². The van der Waals surface area contributed by atoms with E-state index in [0.717, 1.165) is 44.8 Å². The highest BCUT2D eigenvalue weighted by Gasteiger charge is 2.31. The molecular formula is C28H28O2. The fourth-order valence-electron chi connectivity index (χ4n) is 4.94. The highest BCUT2D eigenvalue weighted by Crippen LogP contribution is 2.44. The Bertz CT molecular complexity index is 1220. The number of benzene rings is 4. The number of hydrogen-bond donors (Lipinski definition) is 2. The average molecular weight is 397 g/mol. The molecule has 1 aliphatic rings. The van der Waals surface area contributed by atoms with E-state index in [1.54, 1.807) is 0 Å². The predicted molar refractivity (Wildman–Crippen MR) is 124 cm³/mol. The molecule has 0 spiro atoms. The maximum absolute atomic E-state index is 11.3. The molecule has 0 heterocycles. The van der Waals surface area contributed by atoms with E-state index in [-0.39, 0.29) is 0 Å². The van der Waals surface area contributed by atoms with Gasteiger partial charge in [0.1, 0.15) is 12.2 Å². The van der Waals surface area contributed by atoms with Crippen LogP contribution in [0.4, 0.5) is 0 Å². The largest absolute Gasteiger partial charge is 0.384 e. The van der Waals surface area contributed by atoms with E-state index in [2.05, 4.69) is 49.4 Å². The number of aliphatic hydroxyl groups is 2. The zero-order valence-corrected chi connectivity index (χ0v) is 17.4. The Balaban J connectivity index is 1.61. The van der Waals surface area contributed by atoms with E-state index in [4.69, 9.17) is 0 Å². The molecule has 2 nitrogen and oxygen atoms in total. The van der Waals surface area contributed by atoms with Crippen molar-refractivity contribution in [1.29, 1.82) is 0 Å². The van der Waals surface area contributed by atoms with Gasteiger partial charge in [-0.15, -0.1) is 0 Å². The van der Waals surface area contributed by atoms with Crippen molar-refractivity contribution in [3.05, 3.63) is 94.5 Å². The lowest BCUT2D eigenvalue weighted by molar-refractivity contribution is 0.174. The molecule has 30 heavy (non-hydrogen) atoms. The third kappa shape index (κ3) is 3.21. The Morgan fingerprint density at radius 2 is 1.20 bits per heavy atom. The SMILES string of the molecule is CCCCCCc1cccc2cc3c(cc12)C(O)c1cc2ccccc2cc1C3O. The lowest BCUT2D eigenvalue weighted by Crippen LogP contribution is -2.18. The third-order valence-corrected chi connectivity index (χ3v) is 6.60. The van der Waals surface area contributed by atoms with Gasteiger partial charge in [-0.05, 0) is 86.5 Å². The number of aliphatic hydroxyl groups excluding tert-OH is 2. The van der Waals surface area contributed by atoms with Crippen LogP contribution >= 0.6 is 0 Å². The van der Waals surface area contributed by atoms with Crippen LogP contribution in [-0.4, -0.2) is 10.2 Å². The Labute approximate surface area is 177 Å². The van der Waals surface area contributed by atoms with Gasteiger partial charge in [-0.2, -0.15) is 0 Å². The van der Waals surface area contributed by atoms with Gasteiger partial charge < -0.3 is 10.2 Å². The Morgan fingerprint density at radius 1 is 0.633 bits per heavy atom. The molecular weight excluding hydrogens is 368 g/mol. The van der Waals surface area contributed by atoms with Crippen LogP contribution in [0, 0.1) is 0 Å². The van der Waals surface area contributed by atoms with Crippen molar-refractivity contribution in [2.75, 3.05) is 0 Å². The first-order valence-electron chi connectivity index (χ1n) is 11.1. The van der Waals surface area contributed by atoms with E-state index in [1.165, 1.54) is 36.6 Å². The first-order chi connectivity index (χ1) is 14.7. The Morgan fingerprint density at radius 3 is 1.83 bits per heavy atom. The lowest BCUT2D eigenvalue weighted by atomic mass is 9.79. The summed E-state index contributed by atoms with van der Waals surface area (Å²) in [5.41, 5.74) is 4.61. The molecule has 4 aromatic carbocycles. The zero-order valence-electron chi connectivity index (χ0n) is 17.4. The molecule has 0 saturated carbocycles. The van der Waals surface area contributed by atoms with E-state index in [0.29, 0.717) is 0 Å². The molecule has 1 aliphatic carbocycles. The maximum atomic E-state index is 11.3. The second kappa shape index (κ2) is 7.86. The summed E-state index contributed by atoms with van der Waals surface area (Å²) in [5.74, 6) is 0. The predicted octanol–water partition coefficient (Wildman–Crippen LogP) is 6.59. The molecule has 4 aromatic rings. The second-order valence-corrected chi connectivity index (χ2v) is 8.56. The van der Waals surface area contributed by atoms with Gasteiger partial charge >= 0.3 is 0 Å². The summed E-state index contributed by atoms with van der Waals surface area (Å²) in [5, 5.41) is 27.0. The van der Waals surface area contributed by atoms with Gasteiger partial charge in [-0.3, -0.25) is 0 Å². The van der Waals surface area contributed by atoms with Crippen molar-refractivity contribution in [2.24, 2.45) is 0 Å². The van der Waals surface area contributed by atoms with E-state index < -0.39 is 12.2 Å². The number of fused-ring (bicyclic) bond motifs is 4. The molecule has 0 bridgehead atoms.